The van der Waals surface area contributed by atoms with Crippen LogP contribution in [0.4, 0.5) is 4.39 Å². The molecule has 1 amide bonds. The SMILES string of the molecule is CCOc1cccc(C(C)NC(=O)c2cccnc2F)c1. The molecule has 0 aliphatic rings. The summed E-state index contributed by atoms with van der Waals surface area (Å²) in [4.78, 5) is 15.5. The molecule has 1 N–H and O–H groups in total. The number of nitrogens with one attached hydrogen (secondary N) is 1. The fourth-order valence-electron chi connectivity index (χ4n) is 1.95. The van der Waals surface area contributed by atoms with E-state index in [2.05, 4.69) is 10.3 Å². The Morgan fingerprint density at radius 2 is 2.19 bits per heavy atom. The highest BCUT2D eigenvalue weighted by Crippen LogP contribution is 2.19. The molecule has 1 aromatic heterocycles. The lowest BCUT2D eigenvalue weighted by atomic mass is 10.1. The molecule has 0 fully saturated rings. The molecule has 1 heterocycles. The van der Waals surface area contributed by atoms with Crippen molar-refractivity contribution in [3.63, 3.8) is 0 Å². The van der Waals surface area contributed by atoms with Gasteiger partial charge in [0.15, 0.2) is 0 Å². The first-order valence-electron chi connectivity index (χ1n) is 6.76. The summed E-state index contributed by atoms with van der Waals surface area (Å²) < 4.78 is 18.9. The van der Waals surface area contributed by atoms with Crippen molar-refractivity contribution in [1.29, 1.82) is 0 Å². The largest absolute Gasteiger partial charge is 0.494 e. The number of hydrogen-bond donors (Lipinski definition) is 1. The lowest BCUT2D eigenvalue weighted by molar-refractivity contribution is 0.0935. The topological polar surface area (TPSA) is 51.2 Å². The number of carbonyl (C=O) groups is 1. The van der Waals surface area contributed by atoms with Crippen molar-refractivity contribution in [1.82, 2.24) is 10.3 Å². The van der Waals surface area contributed by atoms with Gasteiger partial charge < -0.3 is 10.1 Å². The van der Waals surface area contributed by atoms with E-state index in [0.717, 1.165) is 11.3 Å². The average molecular weight is 288 g/mol. The molecule has 0 spiro atoms. The zero-order chi connectivity index (χ0) is 15.2. The summed E-state index contributed by atoms with van der Waals surface area (Å²) in [5.41, 5.74) is 0.823. The molecule has 2 rings (SSSR count). The van der Waals surface area contributed by atoms with Crippen LogP contribution in [-0.2, 0) is 0 Å². The number of nitrogens with zero attached hydrogens (tertiary/aromatic N) is 1. The highest BCUT2D eigenvalue weighted by Gasteiger charge is 2.15. The van der Waals surface area contributed by atoms with Crippen molar-refractivity contribution >= 4 is 5.91 Å². The number of halogens is 1. The van der Waals surface area contributed by atoms with Gasteiger partial charge in [0.1, 0.15) is 5.75 Å². The Bertz CT molecular complexity index is 631. The molecule has 0 bridgehead atoms. The standard InChI is InChI=1S/C16H17FN2O2/c1-3-21-13-7-4-6-12(10-13)11(2)19-16(20)14-8-5-9-18-15(14)17/h4-11H,3H2,1-2H3,(H,19,20). The highest BCUT2D eigenvalue weighted by atomic mass is 19.1. The van der Waals surface area contributed by atoms with E-state index < -0.39 is 11.9 Å². The summed E-state index contributed by atoms with van der Waals surface area (Å²) in [7, 11) is 0. The summed E-state index contributed by atoms with van der Waals surface area (Å²) in [5.74, 6) is -0.524. The van der Waals surface area contributed by atoms with E-state index in [9.17, 15) is 9.18 Å². The average Bonchev–Trinajstić information content (AvgIpc) is 2.48. The first kappa shape index (κ1) is 15.0. The third-order valence-electron chi connectivity index (χ3n) is 3.02. The number of benzene rings is 1. The van der Waals surface area contributed by atoms with Gasteiger partial charge in [-0.15, -0.1) is 0 Å². The Labute approximate surface area is 123 Å². The van der Waals surface area contributed by atoms with Crippen LogP contribution >= 0.6 is 0 Å². The number of ether oxygens (including phenoxy) is 1. The van der Waals surface area contributed by atoms with Crippen molar-refractivity contribution in [2.24, 2.45) is 0 Å². The van der Waals surface area contributed by atoms with Gasteiger partial charge in [-0.25, -0.2) is 4.98 Å². The summed E-state index contributed by atoms with van der Waals surface area (Å²) >= 11 is 0. The Kier molecular flexibility index (Phi) is 4.87. The van der Waals surface area contributed by atoms with Crippen molar-refractivity contribution in [2.45, 2.75) is 19.9 Å². The van der Waals surface area contributed by atoms with Crippen LogP contribution in [0.5, 0.6) is 5.75 Å². The maximum absolute atomic E-state index is 13.5. The van der Waals surface area contributed by atoms with E-state index in [0.29, 0.717) is 6.61 Å². The number of rotatable bonds is 5. The van der Waals surface area contributed by atoms with Gasteiger partial charge in [0.05, 0.1) is 18.2 Å². The molecule has 0 aliphatic carbocycles. The lowest BCUT2D eigenvalue weighted by Crippen LogP contribution is -2.27. The Morgan fingerprint density at radius 3 is 2.90 bits per heavy atom. The van der Waals surface area contributed by atoms with Gasteiger partial charge in [-0.1, -0.05) is 12.1 Å². The third-order valence-corrected chi connectivity index (χ3v) is 3.02. The van der Waals surface area contributed by atoms with Gasteiger partial charge >= 0.3 is 0 Å². The molecule has 2 aromatic rings. The Morgan fingerprint density at radius 1 is 1.38 bits per heavy atom. The van der Waals surface area contributed by atoms with Crippen molar-refractivity contribution in [3.8, 4) is 5.75 Å². The van der Waals surface area contributed by atoms with Gasteiger partial charge in [0.25, 0.3) is 5.91 Å². The first-order valence-corrected chi connectivity index (χ1v) is 6.76. The van der Waals surface area contributed by atoms with E-state index in [4.69, 9.17) is 4.74 Å². The molecule has 0 saturated heterocycles. The highest BCUT2D eigenvalue weighted by molar-refractivity contribution is 5.94. The predicted octanol–water partition coefficient (Wildman–Crippen LogP) is 3.11. The smallest absolute Gasteiger partial charge is 0.256 e. The summed E-state index contributed by atoms with van der Waals surface area (Å²) in [6.07, 6.45) is 1.31. The molecule has 5 heteroatoms. The Hall–Kier alpha value is -2.43. The quantitative estimate of drug-likeness (QED) is 0.860. The molecule has 0 aliphatic heterocycles. The molecule has 1 aromatic carbocycles. The van der Waals surface area contributed by atoms with Crippen LogP contribution in [0.15, 0.2) is 42.6 Å². The van der Waals surface area contributed by atoms with Crippen LogP contribution in [0, 0.1) is 5.95 Å². The number of amides is 1. The zero-order valence-corrected chi connectivity index (χ0v) is 12.0. The molecule has 0 saturated carbocycles. The maximum Gasteiger partial charge on any atom is 0.256 e. The van der Waals surface area contributed by atoms with Crippen molar-refractivity contribution < 1.29 is 13.9 Å². The van der Waals surface area contributed by atoms with E-state index in [1.807, 2.05) is 38.1 Å². The van der Waals surface area contributed by atoms with E-state index in [1.165, 1.54) is 18.3 Å². The maximum atomic E-state index is 13.5. The van der Waals surface area contributed by atoms with Crippen molar-refractivity contribution in [2.75, 3.05) is 6.61 Å². The normalized spacial score (nSPS) is 11.8. The molecule has 21 heavy (non-hydrogen) atoms. The number of pyridine rings is 1. The first-order chi connectivity index (χ1) is 10.1. The van der Waals surface area contributed by atoms with Crippen LogP contribution in [0.1, 0.15) is 35.8 Å². The van der Waals surface area contributed by atoms with E-state index in [1.54, 1.807) is 0 Å². The van der Waals surface area contributed by atoms with Gasteiger partial charge in [-0.05, 0) is 43.7 Å². The van der Waals surface area contributed by atoms with Gasteiger partial charge in [-0.3, -0.25) is 4.79 Å². The summed E-state index contributed by atoms with van der Waals surface area (Å²) in [6, 6.07) is 10.1. The molecule has 1 atom stereocenters. The fraction of sp³-hybridized carbons (Fsp3) is 0.250. The van der Waals surface area contributed by atoms with Crippen LogP contribution < -0.4 is 10.1 Å². The molecule has 0 radical (unpaired) electrons. The minimum absolute atomic E-state index is 0.0645. The van der Waals surface area contributed by atoms with E-state index >= 15 is 0 Å². The zero-order valence-electron chi connectivity index (χ0n) is 12.0. The second-order valence-corrected chi connectivity index (χ2v) is 4.54. The number of hydrogen-bond acceptors (Lipinski definition) is 3. The van der Waals surface area contributed by atoms with Gasteiger partial charge in [0, 0.05) is 6.20 Å². The third kappa shape index (κ3) is 3.78. The second-order valence-electron chi connectivity index (χ2n) is 4.54. The monoisotopic (exact) mass is 288 g/mol. The van der Waals surface area contributed by atoms with Gasteiger partial charge in [-0.2, -0.15) is 4.39 Å². The molecule has 110 valence electrons. The van der Waals surface area contributed by atoms with Crippen LogP contribution in [-0.4, -0.2) is 17.5 Å². The summed E-state index contributed by atoms with van der Waals surface area (Å²) in [5, 5.41) is 2.75. The van der Waals surface area contributed by atoms with E-state index in [-0.39, 0.29) is 11.6 Å². The van der Waals surface area contributed by atoms with Crippen LogP contribution in [0.25, 0.3) is 0 Å². The minimum atomic E-state index is -0.773. The second kappa shape index (κ2) is 6.83. The summed E-state index contributed by atoms with van der Waals surface area (Å²) in [6.45, 7) is 4.31. The molecule has 1 unspecified atom stereocenters. The molecular weight excluding hydrogens is 271 g/mol. The lowest BCUT2D eigenvalue weighted by Gasteiger charge is -2.15. The van der Waals surface area contributed by atoms with Crippen LogP contribution in [0.3, 0.4) is 0 Å². The predicted molar refractivity (Wildman–Crippen MR) is 77.7 cm³/mol. The number of aromatic nitrogens is 1. The van der Waals surface area contributed by atoms with Crippen molar-refractivity contribution in [3.05, 3.63) is 59.7 Å². The van der Waals surface area contributed by atoms with Gasteiger partial charge in [0.2, 0.25) is 5.95 Å². The molecule has 4 nitrogen and oxygen atoms in total. The Balaban J connectivity index is 2.11. The fourth-order valence-corrected chi connectivity index (χ4v) is 1.95. The van der Waals surface area contributed by atoms with Crippen LogP contribution in [0.2, 0.25) is 0 Å². The molecular formula is C16H17FN2O2. The number of carbonyl (C=O) groups excluding carboxylic acids is 1. The minimum Gasteiger partial charge on any atom is -0.494 e.